The van der Waals surface area contributed by atoms with Crippen LogP contribution >= 0.6 is 0 Å². The number of hydrogen-bond donors (Lipinski definition) is 2. The van der Waals surface area contributed by atoms with Gasteiger partial charge in [0.25, 0.3) is 11.6 Å². The normalized spacial score (nSPS) is 16.4. The van der Waals surface area contributed by atoms with Gasteiger partial charge < -0.3 is 10.6 Å². The summed E-state index contributed by atoms with van der Waals surface area (Å²) in [5.74, 6) is -0.726. The molecule has 23 heavy (non-hydrogen) atoms. The molecule has 0 spiro atoms. The topological polar surface area (TPSA) is 101 Å². The Bertz CT molecular complexity index is 597. The van der Waals surface area contributed by atoms with Crippen molar-refractivity contribution in [1.29, 1.82) is 0 Å². The van der Waals surface area contributed by atoms with Crippen LogP contribution in [0.15, 0.2) is 24.3 Å². The van der Waals surface area contributed by atoms with Gasteiger partial charge >= 0.3 is 0 Å². The van der Waals surface area contributed by atoms with Crippen molar-refractivity contribution >= 4 is 17.5 Å². The van der Waals surface area contributed by atoms with Gasteiger partial charge in [0.15, 0.2) is 0 Å². The molecular formula is C16H21N3O4. The Morgan fingerprint density at radius 3 is 2.61 bits per heavy atom. The van der Waals surface area contributed by atoms with E-state index >= 15 is 0 Å². The minimum Gasteiger partial charge on any atom is -0.352 e. The van der Waals surface area contributed by atoms with Gasteiger partial charge in [0.05, 0.1) is 4.92 Å². The van der Waals surface area contributed by atoms with Crippen molar-refractivity contribution in [2.24, 2.45) is 0 Å². The number of nitro benzene ring substituents is 1. The molecule has 0 aliphatic heterocycles. The zero-order chi connectivity index (χ0) is 16.8. The fourth-order valence-electron chi connectivity index (χ4n) is 2.68. The highest BCUT2D eigenvalue weighted by atomic mass is 16.6. The highest BCUT2D eigenvalue weighted by Gasteiger charge is 2.21. The molecule has 1 unspecified atom stereocenters. The summed E-state index contributed by atoms with van der Waals surface area (Å²) in [4.78, 5) is 34.4. The van der Waals surface area contributed by atoms with E-state index in [9.17, 15) is 19.7 Å². The van der Waals surface area contributed by atoms with Crippen LogP contribution in [0.3, 0.4) is 0 Å². The zero-order valence-electron chi connectivity index (χ0n) is 13.1. The van der Waals surface area contributed by atoms with Crippen LogP contribution in [0.25, 0.3) is 0 Å². The average Bonchev–Trinajstić information content (AvgIpc) is 2.55. The maximum Gasteiger partial charge on any atom is 0.270 e. The summed E-state index contributed by atoms with van der Waals surface area (Å²) in [6.45, 7) is 1.60. The molecule has 2 N–H and O–H groups in total. The van der Waals surface area contributed by atoms with E-state index in [1.165, 1.54) is 30.7 Å². The molecule has 0 bridgehead atoms. The van der Waals surface area contributed by atoms with Crippen molar-refractivity contribution in [1.82, 2.24) is 10.6 Å². The monoisotopic (exact) mass is 319 g/mol. The second kappa shape index (κ2) is 7.71. The number of hydrogen-bond acceptors (Lipinski definition) is 4. The third-order valence-corrected chi connectivity index (χ3v) is 4.01. The summed E-state index contributed by atoms with van der Waals surface area (Å²) in [6, 6.07) is 4.92. The fraction of sp³-hybridized carbons (Fsp3) is 0.500. The molecule has 1 aromatic rings. The first-order valence-corrected chi connectivity index (χ1v) is 7.83. The molecule has 0 aromatic heterocycles. The van der Waals surface area contributed by atoms with Crippen LogP contribution in [0.5, 0.6) is 0 Å². The number of non-ortho nitro benzene ring substituents is 1. The lowest BCUT2D eigenvalue weighted by Gasteiger charge is -2.24. The van der Waals surface area contributed by atoms with Crippen LogP contribution in [0.2, 0.25) is 0 Å². The molecular weight excluding hydrogens is 298 g/mol. The Balaban J connectivity index is 1.92. The average molecular weight is 319 g/mol. The van der Waals surface area contributed by atoms with Crippen LogP contribution < -0.4 is 10.6 Å². The molecule has 1 aliphatic rings. The van der Waals surface area contributed by atoms with Crippen molar-refractivity contribution in [3.8, 4) is 0 Å². The molecule has 2 amide bonds. The van der Waals surface area contributed by atoms with E-state index in [-0.39, 0.29) is 23.2 Å². The Morgan fingerprint density at radius 1 is 1.26 bits per heavy atom. The predicted octanol–water partition coefficient (Wildman–Crippen LogP) is 2.16. The van der Waals surface area contributed by atoms with Gasteiger partial charge in [0.1, 0.15) is 6.04 Å². The Morgan fingerprint density at radius 2 is 1.96 bits per heavy atom. The Hall–Kier alpha value is -2.44. The minimum atomic E-state index is -0.691. The smallest absolute Gasteiger partial charge is 0.270 e. The molecule has 2 rings (SSSR count). The number of nitrogens with zero attached hydrogens (tertiary/aromatic N) is 1. The van der Waals surface area contributed by atoms with Gasteiger partial charge in [0, 0.05) is 23.7 Å². The van der Waals surface area contributed by atoms with Gasteiger partial charge in [-0.15, -0.1) is 0 Å². The molecule has 0 saturated heterocycles. The molecule has 1 aliphatic carbocycles. The molecule has 0 heterocycles. The van der Waals surface area contributed by atoms with Gasteiger partial charge in [0.2, 0.25) is 5.91 Å². The van der Waals surface area contributed by atoms with Gasteiger partial charge in [-0.3, -0.25) is 19.7 Å². The first kappa shape index (κ1) is 16.9. The maximum atomic E-state index is 12.1. The predicted molar refractivity (Wildman–Crippen MR) is 85.0 cm³/mol. The second-order valence-electron chi connectivity index (χ2n) is 5.85. The van der Waals surface area contributed by atoms with Crippen LogP contribution in [0, 0.1) is 10.1 Å². The number of amides is 2. The van der Waals surface area contributed by atoms with Crippen molar-refractivity contribution in [2.75, 3.05) is 0 Å². The number of rotatable bonds is 5. The van der Waals surface area contributed by atoms with E-state index in [1.54, 1.807) is 6.92 Å². The summed E-state index contributed by atoms with van der Waals surface area (Å²) in [5.41, 5.74) is 0.00785. The van der Waals surface area contributed by atoms with Gasteiger partial charge in [-0.05, 0) is 25.8 Å². The largest absolute Gasteiger partial charge is 0.352 e. The summed E-state index contributed by atoms with van der Waals surface area (Å²) in [7, 11) is 0. The first-order valence-electron chi connectivity index (χ1n) is 7.83. The molecule has 7 heteroatoms. The van der Waals surface area contributed by atoms with E-state index in [1.807, 2.05) is 0 Å². The highest BCUT2D eigenvalue weighted by Crippen LogP contribution is 2.17. The first-order chi connectivity index (χ1) is 11.0. The van der Waals surface area contributed by atoms with Crippen LogP contribution in [-0.2, 0) is 4.79 Å². The lowest BCUT2D eigenvalue weighted by atomic mass is 9.95. The minimum absolute atomic E-state index is 0.156. The van der Waals surface area contributed by atoms with Crippen molar-refractivity contribution in [3.05, 3.63) is 39.9 Å². The molecule has 7 nitrogen and oxygen atoms in total. The van der Waals surface area contributed by atoms with Gasteiger partial charge in [-0.25, -0.2) is 0 Å². The third-order valence-electron chi connectivity index (χ3n) is 4.01. The number of carbonyl (C=O) groups is 2. The number of nitrogens with one attached hydrogen (secondary N) is 2. The number of benzene rings is 1. The van der Waals surface area contributed by atoms with E-state index in [0.29, 0.717) is 0 Å². The second-order valence-corrected chi connectivity index (χ2v) is 5.85. The zero-order valence-corrected chi connectivity index (χ0v) is 13.1. The maximum absolute atomic E-state index is 12.1. The van der Waals surface area contributed by atoms with Crippen LogP contribution in [0.1, 0.15) is 49.4 Å². The van der Waals surface area contributed by atoms with E-state index in [4.69, 9.17) is 0 Å². The molecule has 0 radical (unpaired) electrons. The fourth-order valence-corrected chi connectivity index (χ4v) is 2.68. The summed E-state index contributed by atoms with van der Waals surface area (Å²) < 4.78 is 0. The highest BCUT2D eigenvalue weighted by molar-refractivity contribution is 5.97. The van der Waals surface area contributed by atoms with Crippen molar-refractivity contribution in [3.63, 3.8) is 0 Å². The van der Waals surface area contributed by atoms with Gasteiger partial charge in [-0.2, -0.15) is 0 Å². The number of nitro groups is 1. The van der Waals surface area contributed by atoms with Crippen LogP contribution in [0.4, 0.5) is 5.69 Å². The van der Waals surface area contributed by atoms with Crippen molar-refractivity contribution < 1.29 is 14.5 Å². The summed E-state index contributed by atoms with van der Waals surface area (Å²) in [6.07, 6.45) is 5.36. The summed E-state index contributed by atoms with van der Waals surface area (Å²) >= 11 is 0. The lowest BCUT2D eigenvalue weighted by Crippen LogP contribution is -2.48. The standard InChI is InChI=1S/C16H21N3O4/c1-11(15(20)18-13-7-3-2-4-8-13)17-16(21)12-6-5-9-14(10-12)19(22)23/h5-6,9-11,13H,2-4,7-8H2,1H3,(H,17,21)(H,18,20). The van der Waals surface area contributed by atoms with Gasteiger partial charge in [-0.1, -0.05) is 25.3 Å². The number of carbonyl (C=O) groups excluding carboxylic acids is 2. The van der Waals surface area contributed by atoms with E-state index in [0.717, 1.165) is 25.7 Å². The molecule has 1 fully saturated rings. The third kappa shape index (κ3) is 4.77. The van der Waals surface area contributed by atoms with E-state index < -0.39 is 16.9 Å². The Labute approximate surface area is 134 Å². The quantitative estimate of drug-likeness (QED) is 0.641. The SMILES string of the molecule is CC(NC(=O)c1cccc([N+](=O)[O-])c1)C(=O)NC1CCCCC1. The molecule has 1 atom stereocenters. The summed E-state index contributed by atoms with van der Waals surface area (Å²) in [5, 5.41) is 16.3. The molecule has 1 saturated carbocycles. The van der Waals surface area contributed by atoms with Crippen molar-refractivity contribution in [2.45, 2.75) is 51.1 Å². The van der Waals surface area contributed by atoms with E-state index in [2.05, 4.69) is 10.6 Å². The van der Waals surface area contributed by atoms with Crippen LogP contribution in [-0.4, -0.2) is 28.8 Å². The lowest BCUT2D eigenvalue weighted by molar-refractivity contribution is -0.384. The molecule has 124 valence electrons. The molecule has 1 aromatic carbocycles. The Kier molecular flexibility index (Phi) is 5.67.